The number of ether oxygens (including phenoxy) is 5. The van der Waals surface area contributed by atoms with E-state index in [1.165, 1.54) is 24.3 Å². The second-order valence-corrected chi connectivity index (χ2v) is 12.9. The molecule has 3 aliphatic heterocycles. The van der Waals surface area contributed by atoms with Gasteiger partial charge < -0.3 is 94.5 Å². The maximum absolute atomic E-state index is 13.6. The number of aromatic hydroxyl groups is 2. The molecule has 292 valence electrons. The van der Waals surface area contributed by atoms with Gasteiger partial charge in [0, 0.05) is 17.7 Å². The van der Waals surface area contributed by atoms with Crippen molar-refractivity contribution in [2.45, 2.75) is 91.9 Å². The highest BCUT2D eigenvalue weighted by Crippen LogP contribution is 2.46. The summed E-state index contributed by atoms with van der Waals surface area (Å²) in [5.74, 6) is -1.64. The lowest BCUT2D eigenvalue weighted by molar-refractivity contribution is -0.342. The lowest BCUT2D eigenvalue weighted by atomic mass is 9.89. The van der Waals surface area contributed by atoms with Gasteiger partial charge in [-0.25, -0.2) is 0 Å². The predicted molar refractivity (Wildman–Crippen MR) is 171 cm³/mol. The highest BCUT2D eigenvalue weighted by Gasteiger charge is 2.53. The number of aliphatic hydroxyl groups excluding tert-OH is 11. The van der Waals surface area contributed by atoms with Crippen LogP contribution in [0, 0.1) is 0 Å². The van der Waals surface area contributed by atoms with E-state index in [1.54, 1.807) is 0 Å². The van der Waals surface area contributed by atoms with E-state index in [2.05, 4.69) is 0 Å². The molecule has 4 heterocycles. The van der Waals surface area contributed by atoms with Crippen LogP contribution in [0.4, 0.5) is 0 Å². The Hall–Kier alpha value is -3.55. The smallest absolute Gasteiger partial charge is 0.229 e. The fourth-order valence-electron chi connectivity index (χ4n) is 6.55. The van der Waals surface area contributed by atoms with E-state index in [0.717, 1.165) is 12.1 Å². The summed E-state index contributed by atoms with van der Waals surface area (Å²) in [7, 11) is 0. The normalized spacial score (nSPS) is 37.8. The third-order valence-electron chi connectivity index (χ3n) is 9.52. The summed E-state index contributed by atoms with van der Waals surface area (Å²) in [6, 6.07) is 7.20. The first-order valence-electron chi connectivity index (χ1n) is 16.4. The Bertz CT molecular complexity index is 1780. The molecular weight excluding hydrogens is 716 g/mol. The summed E-state index contributed by atoms with van der Waals surface area (Å²) in [5, 5.41) is 135. The molecule has 53 heavy (non-hydrogen) atoms. The van der Waals surface area contributed by atoms with Crippen LogP contribution in [0.25, 0.3) is 22.3 Å². The van der Waals surface area contributed by atoms with E-state index in [1.807, 2.05) is 0 Å². The van der Waals surface area contributed by atoms with Gasteiger partial charge in [0.1, 0.15) is 108 Å². The molecule has 0 saturated carbocycles. The van der Waals surface area contributed by atoms with Gasteiger partial charge in [0.15, 0.2) is 17.3 Å². The number of aliphatic hydroxyl groups is 11. The van der Waals surface area contributed by atoms with Crippen molar-refractivity contribution in [1.29, 1.82) is 0 Å². The SMILES string of the molecule is O=c1cc(-c2ccc(O)cc2)oc2c(C3OC(CO)C(O)C(O)C3OC3OC(CO)C(O)C(O)C3O)c(OC3OC(CO)C(O)C(O)C3O)cc(O)c12. The molecule has 0 aliphatic carbocycles. The molecule has 15 atom stereocenters. The fraction of sp³-hybridized carbons (Fsp3) is 0.545. The lowest BCUT2D eigenvalue weighted by Gasteiger charge is -2.46. The number of benzene rings is 2. The lowest BCUT2D eigenvalue weighted by Crippen LogP contribution is -2.62. The molecule has 20 nitrogen and oxygen atoms in total. The van der Waals surface area contributed by atoms with Crippen molar-refractivity contribution in [3.8, 4) is 28.6 Å². The minimum absolute atomic E-state index is 0.128. The second kappa shape index (κ2) is 15.7. The Labute approximate surface area is 298 Å². The number of phenols is 2. The molecular formula is C33H40O20. The van der Waals surface area contributed by atoms with Gasteiger partial charge in [0.25, 0.3) is 0 Å². The van der Waals surface area contributed by atoms with Crippen molar-refractivity contribution in [2.24, 2.45) is 0 Å². The van der Waals surface area contributed by atoms with Crippen molar-refractivity contribution < 1.29 is 94.5 Å². The van der Waals surface area contributed by atoms with Crippen LogP contribution in [0.5, 0.6) is 17.2 Å². The molecule has 0 spiro atoms. The maximum Gasteiger partial charge on any atom is 0.229 e. The first-order valence-corrected chi connectivity index (χ1v) is 16.4. The second-order valence-electron chi connectivity index (χ2n) is 12.9. The van der Waals surface area contributed by atoms with Crippen molar-refractivity contribution in [3.05, 3.63) is 52.2 Å². The van der Waals surface area contributed by atoms with E-state index in [0.29, 0.717) is 0 Å². The molecule has 3 saturated heterocycles. The summed E-state index contributed by atoms with van der Waals surface area (Å²) >= 11 is 0. The van der Waals surface area contributed by atoms with Crippen LogP contribution < -0.4 is 10.2 Å². The first kappa shape index (κ1) is 39.2. The van der Waals surface area contributed by atoms with Crippen molar-refractivity contribution in [2.75, 3.05) is 19.8 Å². The van der Waals surface area contributed by atoms with Crippen LogP contribution >= 0.6 is 0 Å². The molecule has 15 unspecified atom stereocenters. The molecule has 6 rings (SSSR count). The molecule has 13 N–H and O–H groups in total. The minimum atomic E-state index is -2.06. The average Bonchev–Trinajstić information content (AvgIpc) is 3.14. The van der Waals surface area contributed by atoms with Crippen LogP contribution in [0.3, 0.4) is 0 Å². The van der Waals surface area contributed by atoms with Crippen molar-refractivity contribution in [1.82, 2.24) is 0 Å². The van der Waals surface area contributed by atoms with Crippen molar-refractivity contribution in [3.63, 3.8) is 0 Å². The minimum Gasteiger partial charge on any atom is -0.508 e. The van der Waals surface area contributed by atoms with E-state index in [4.69, 9.17) is 28.1 Å². The monoisotopic (exact) mass is 756 g/mol. The largest absolute Gasteiger partial charge is 0.508 e. The van der Waals surface area contributed by atoms with Crippen LogP contribution in [0.15, 0.2) is 45.6 Å². The number of fused-ring (bicyclic) bond motifs is 1. The Kier molecular flexibility index (Phi) is 11.6. The standard InChI is InChI=1S/C33H40O20/c34-7-16-23(42)26(45)31(53-33-28(47)25(44)22(41)18(9-36)52-33)30(49-16)20-15(50-32-27(46)24(43)21(40)17(8-35)51-32)6-13(39)19-12(38)5-14(48-29(19)20)10-1-3-11(37)4-2-10/h1-6,16-18,21-28,30-37,39-47H,7-9H2. The van der Waals surface area contributed by atoms with Gasteiger partial charge in [-0.2, -0.15) is 0 Å². The zero-order chi connectivity index (χ0) is 38.5. The summed E-state index contributed by atoms with van der Waals surface area (Å²) in [4.78, 5) is 13.6. The number of rotatable bonds is 9. The molecule has 3 fully saturated rings. The molecule has 2 aromatic carbocycles. The Morgan fingerprint density at radius 1 is 0.623 bits per heavy atom. The maximum atomic E-state index is 13.6. The van der Waals surface area contributed by atoms with E-state index in [9.17, 15) is 71.2 Å². The zero-order valence-corrected chi connectivity index (χ0v) is 27.4. The highest BCUT2D eigenvalue weighted by molar-refractivity contribution is 5.89. The quantitative estimate of drug-likeness (QED) is 0.0976. The molecule has 0 amide bonds. The zero-order valence-electron chi connectivity index (χ0n) is 27.4. The topological polar surface area (TPSA) is 339 Å². The summed E-state index contributed by atoms with van der Waals surface area (Å²) < 4.78 is 34.9. The van der Waals surface area contributed by atoms with E-state index in [-0.39, 0.29) is 17.1 Å². The Balaban J connectivity index is 1.56. The first-order chi connectivity index (χ1) is 25.2. The number of phenolic OH excluding ortho intramolecular Hbond substituents is 2. The van der Waals surface area contributed by atoms with Gasteiger partial charge in [0.2, 0.25) is 6.29 Å². The summed E-state index contributed by atoms with van der Waals surface area (Å²) in [5.41, 5.74) is -1.59. The molecule has 0 radical (unpaired) electrons. The molecule has 20 heteroatoms. The van der Waals surface area contributed by atoms with Gasteiger partial charge >= 0.3 is 0 Å². The highest BCUT2D eigenvalue weighted by atomic mass is 16.7. The average molecular weight is 757 g/mol. The van der Waals surface area contributed by atoms with E-state index >= 15 is 0 Å². The van der Waals surface area contributed by atoms with Gasteiger partial charge in [-0.1, -0.05) is 0 Å². The fourth-order valence-corrected chi connectivity index (χ4v) is 6.55. The molecule has 1 aromatic heterocycles. The van der Waals surface area contributed by atoms with Gasteiger partial charge in [-0.15, -0.1) is 0 Å². The molecule has 3 aliphatic rings. The summed E-state index contributed by atoms with van der Waals surface area (Å²) in [6.45, 7) is -2.64. The third-order valence-corrected chi connectivity index (χ3v) is 9.52. The van der Waals surface area contributed by atoms with Gasteiger partial charge in [0.05, 0.1) is 25.4 Å². The summed E-state index contributed by atoms with van der Waals surface area (Å²) in [6.07, 6.45) is -27.8. The van der Waals surface area contributed by atoms with Crippen LogP contribution in [0.1, 0.15) is 11.7 Å². The number of hydrogen-bond acceptors (Lipinski definition) is 20. The van der Waals surface area contributed by atoms with E-state index < -0.39 is 145 Å². The van der Waals surface area contributed by atoms with Crippen LogP contribution in [-0.4, -0.2) is 172 Å². The molecule has 3 aromatic rings. The van der Waals surface area contributed by atoms with Gasteiger partial charge in [-0.3, -0.25) is 4.79 Å². The Morgan fingerprint density at radius 3 is 1.74 bits per heavy atom. The number of hydrogen-bond donors (Lipinski definition) is 13. The van der Waals surface area contributed by atoms with Crippen LogP contribution in [0.2, 0.25) is 0 Å². The Morgan fingerprint density at radius 2 is 1.15 bits per heavy atom. The third kappa shape index (κ3) is 7.21. The van der Waals surface area contributed by atoms with Crippen LogP contribution in [-0.2, 0) is 18.9 Å². The van der Waals surface area contributed by atoms with Gasteiger partial charge in [-0.05, 0) is 24.3 Å². The molecule has 0 bridgehead atoms. The van der Waals surface area contributed by atoms with Crippen molar-refractivity contribution >= 4 is 11.0 Å². The predicted octanol–water partition coefficient (Wildman–Crippen LogP) is -4.61.